The molecule has 19 heavy (non-hydrogen) atoms. The van der Waals surface area contributed by atoms with Crippen molar-refractivity contribution in [3.05, 3.63) is 29.8 Å². The van der Waals surface area contributed by atoms with Crippen molar-refractivity contribution in [3.63, 3.8) is 0 Å². The van der Waals surface area contributed by atoms with Crippen LogP contribution in [0.2, 0.25) is 0 Å². The third-order valence-corrected chi connectivity index (χ3v) is 3.93. The van der Waals surface area contributed by atoms with Gasteiger partial charge in [0.1, 0.15) is 5.75 Å². The van der Waals surface area contributed by atoms with Crippen molar-refractivity contribution >= 4 is 5.78 Å². The van der Waals surface area contributed by atoms with E-state index in [0.29, 0.717) is 6.61 Å². The molecule has 2 nitrogen and oxygen atoms in total. The van der Waals surface area contributed by atoms with Gasteiger partial charge in [0.15, 0.2) is 5.78 Å². The van der Waals surface area contributed by atoms with Crippen LogP contribution < -0.4 is 4.74 Å². The molecule has 0 spiro atoms. The van der Waals surface area contributed by atoms with Crippen molar-refractivity contribution < 1.29 is 9.53 Å². The highest BCUT2D eigenvalue weighted by Gasteiger charge is 2.23. The predicted octanol–water partition coefficient (Wildman–Crippen LogP) is 4.63. The van der Waals surface area contributed by atoms with Gasteiger partial charge in [-0.3, -0.25) is 4.79 Å². The van der Waals surface area contributed by atoms with Gasteiger partial charge in [-0.15, -0.1) is 0 Å². The maximum atomic E-state index is 12.7. The van der Waals surface area contributed by atoms with Crippen LogP contribution in [-0.4, -0.2) is 12.4 Å². The van der Waals surface area contributed by atoms with Crippen LogP contribution in [0.3, 0.4) is 0 Å². The lowest BCUT2D eigenvalue weighted by molar-refractivity contribution is 0.0894. The minimum atomic E-state index is 0.196. The molecule has 0 radical (unpaired) electrons. The van der Waals surface area contributed by atoms with Gasteiger partial charge in [0, 0.05) is 5.92 Å². The lowest BCUT2D eigenvalue weighted by Crippen LogP contribution is -2.17. The lowest BCUT2D eigenvalue weighted by atomic mass is 9.85. The van der Waals surface area contributed by atoms with Gasteiger partial charge in [-0.2, -0.15) is 0 Å². The number of ketones is 1. The Morgan fingerprint density at radius 2 is 1.74 bits per heavy atom. The van der Waals surface area contributed by atoms with E-state index in [-0.39, 0.29) is 11.7 Å². The Morgan fingerprint density at radius 1 is 1.11 bits per heavy atom. The molecule has 1 fully saturated rings. The zero-order chi connectivity index (χ0) is 13.5. The maximum absolute atomic E-state index is 12.7. The largest absolute Gasteiger partial charge is 0.493 e. The van der Waals surface area contributed by atoms with Gasteiger partial charge in [0.25, 0.3) is 0 Å². The van der Waals surface area contributed by atoms with Crippen LogP contribution in [-0.2, 0) is 0 Å². The molecule has 0 bridgehead atoms. The number of para-hydroxylation sites is 1. The second-order valence-electron chi connectivity index (χ2n) is 5.34. The quantitative estimate of drug-likeness (QED) is 0.738. The molecule has 0 heterocycles. The van der Waals surface area contributed by atoms with Crippen LogP contribution in [0.5, 0.6) is 5.75 Å². The summed E-state index contributed by atoms with van der Waals surface area (Å²) in [5.41, 5.74) is 0.773. The molecule has 0 unspecified atom stereocenters. The maximum Gasteiger partial charge on any atom is 0.169 e. The van der Waals surface area contributed by atoms with Crippen LogP contribution in [0.4, 0.5) is 0 Å². The molecule has 2 rings (SSSR count). The van der Waals surface area contributed by atoms with Crippen LogP contribution in [0.15, 0.2) is 24.3 Å². The van der Waals surface area contributed by atoms with E-state index in [2.05, 4.69) is 0 Å². The van der Waals surface area contributed by atoms with E-state index in [9.17, 15) is 4.79 Å². The first-order chi connectivity index (χ1) is 9.33. The van der Waals surface area contributed by atoms with Crippen molar-refractivity contribution in [1.29, 1.82) is 0 Å². The van der Waals surface area contributed by atoms with E-state index in [0.717, 1.165) is 24.2 Å². The number of hydrogen-bond donors (Lipinski definition) is 0. The third kappa shape index (κ3) is 3.82. The van der Waals surface area contributed by atoms with Crippen LogP contribution >= 0.6 is 0 Å². The first-order valence-electron chi connectivity index (χ1n) is 7.59. The first kappa shape index (κ1) is 14.1. The minimum Gasteiger partial charge on any atom is -0.493 e. The summed E-state index contributed by atoms with van der Waals surface area (Å²) < 4.78 is 5.58. The molecule has 2 heteroatoms. The Balaban J connectivity index is 2.12. The van der Waals surface area contributed by atoms with Crippen LogP contribution in [0, 0.1) is 5.92 Å². The molecule has 1 aliphatic rings. The van der Waals surface area contributed by atoms with Gasteiger partial charge < -0.3 is 4.74 Å². The second-order valence-corrected chi connectivity index (χ2v) is 5.34. The number of hydrogen-bond acceptors (Lipinski definition) is 2. The normalized spacial score (nSPS) is 17.5. The molecule has 1 aromatic rings. The Hall–Kier alpha value is -1.31. The molecule has 0 aromatic heterocycles. The molecular weight excluding hydrogens is 236 g/mol. The van der Waals surface area contributed by atoms with E-state index in [1.54, 1.807) is 0 Å². The Bertz CT molecular complexity index is 403. The van der Waals surface area contributed by atoms with E-state index >= 15 is 0 Å². The smallest absolute Gasteiger partial charge is 0.169 e. The van der Waals surface area contributed by atoms with Crippen molar-refractivity contribution in [2.24, 2.45) is 5.92 Å². The molecular formula is C17H24O2. The average Bonchev–Trinajstić information content (AvgIpc) is 2.39. The van der Waals surface area contributed by atoms with Crippen molar-refractivity contribution in [3.8, 4) is 5.75 Å². The van der Waals surface area contributed by atoms with E-state index in [1.807, 2.05) is 31.2 Å². The Labute approximate surface area is 116 Å². The topological polar surface area (TPSA) is 26.3 Å². The fourth-order valence-corrected chi connectivity index (χ4v) is 2.89. The highest BCUT2D eigenvalue weighted by Crippen LogP contribution is 2.29. The number of ether oxygens (including phenoxy) is 1. The van der Waals surface area contributed by atoms with Crippen molar-refractivity contribution in [2.45, 2.75) is 51.9 Å². The second kappa shape index (κ2) is 7.32. The standard InChI is InChI=1S/C17H24O2/c1-2-19-16-13-9-8-12-15(16)17(18)14-10-6-4-3-5-7-11-14/h8-9,12-14H,2-7,10-11H2,1H3. The van der Waals surface area contributed by atoms with Gasteiger partial charge in [-0.05, 0) is 31.9 Å². The number of rotatable bonds is 4. The molecule has 0 saturated heterocycles. The van der Waals surface area contributed by atoms with E-state index in [1.165, 1.54) is 32.1 Å². The summed E-state index contributed by atoms with van der Waals surface area (Å²) in [6, 6.07) is 7.67. The van der Waals surface area contributed by atoms with Gasteiger partial charge in [-0.25, -0.2) is 0 Å². The summed E-state index contributed by atoms with van der Waals surface area (Å²) in [5.74, 6) is 1.23. The van der Waals surface area contributed by atoms with Gasteiger partial charge >= 0.3 is 0 Å². The van der Waals surface area contributed by atoms with Gasteiger partial charge in [0.05, 0.1) is 12.2 Å². The summed E-state index contributed by atoms with van der Waals surface area (Å²) >= 11 is 0. The summed E-state index contributed by atoms with van der Waals surface area (Å²) in [6.45, 7) is 2.56. The summed E-state index contributed by atoms with van der Waals surface area (Å²) in [4.78, 5) is 12.7. The fourth-order valence-electron chi connectivity index (χ4n) is 2.89. The summed E-state index contributed by atoms with van der Waals surface area (Å²) in [5, 5.41) is 0. The molecule has 1 aromatic carbocycles. The molecule has 1 saturated carbocycles. The minimum absolute atomic E-state index is 0.196. The predicted molar refractivity (Wildman–Crippen MR) is 77.8 cm³/mol. The number of carbonyl (C=O) groups excluding carboxylic acids is 1. The zero-order valence-corrected chi connectivity index (χ0v) is 11.9. The molecule has 0 amide bonds. The van der Waals surface area contributed by atoms with Gasteiger partial charge in [-0.1, -0.05) is 44.2 Å². The Morgan fingerprint density at radius 3 is 2.42 bits per heavy atom. The van der Waals surface area contributed by atoms with E-state index in [4.69, 9.17) is 4.74 Å². The zero-order valence-electron chi connectivity index (χ0n) is 11.9. The lowest BCUT2D eigenvalue weighted by Gasteiger charge is -2.19. The summed E-state index contributed by atoms with van der Waals surface area (Å²) in [7, 11) is 0. The number of carbonyl (C=O) groups is 1. The third-order valence-electron chi connectivity index (χ3n) is 3.93. The van der Waals surface area contributed by atoms with Crippen LogP contribution in [0.25, 0.3) is 0 Å². The first-order valence-corrected chi connectivity index (χ1v) is 7.59. The van der Waals surface area contributed by atoms with Gasteiger partial charge in [0.2, 0.25) is 0 Å². The Kier molecular flexibility index (Phi) is 5.44. The van der Waals surface area contributed by atoms with Crippen LogP contribution in [0.1, 0.15) is 62.2 Å². The molecule has 104 valence electrons. The SMILES string of the molecule is CCOc1ccccc1C(=O)C1CCCCCCC1. The highest BCUT2D eigenvalue weighted by atomic mass is 16.5. The molecule has 0 atom stereocenters. The number of benzene rings is 1. The molecule has 0 aliphatic heterocycles. The highest BCUT2D eigenvalue weighted by molar-refractivity contribution is 6.00. The average molecular weight is 260 g/mol. The van der Waals surface area contributed by atoms with Crippen molar-refractivity contribution in [1.82, 2.24) is 0 Å². The fraction of sp³-hybridized carbons (Fsp3) is 0.588. The van der Waals surface area contributed by atoms with E-state index < -0.39 is 0 Å². The van der Waals surface area contributed by atoms with Crippen molar-refractivity contribution in [2.75, 3.05) is 6.61 Å². The number of Topliss-reactive ketones (excluding diaryl/α,β-unsaturated/α-hetero) is 1. The monoisotopic (exact) mass is 260 g/mol. The molecule has 1 aliphatic carbocycles. The molecule has 0 N–H and O–H groups in total. The summed E-state index contributed by atoms with van der Waals surface area (Å²) in [6.07, 6.45) is 8.34.